The number of ketones is 1. The standard InChI is InChI=1S/C13H7Br2F2NO2/c1-20-9-3-2-6(5-18-9)13(19)10-11(15)8(16)4-7(14)12(10)17/h2-5H,1H3. The largest absolute Gasteiger partial charge is 0.481 e. The topological polar surface area (TPSA) is 39.2 Å². The molecule has 0 amide bonds. The van der Waals surface area contributed by atoms with Crippen molar-refractivity contribution in [3.05, 3.63) is 56.1 Å². The number of rotatable bonds is 3. The molecule has 2 aromatic rings. The van der Waals surface area contributed by atoms with Gasteiger partial charge < -0.3 is 4.74 Å². The van der Waals surface area contributed by atoms with Gasteiger partial charge in [0, 0.05) is 17.8 Å². The summed E-state index contributed by atoms with van der Waals surface area (Å²) in [6.07, 6.45) is 1.24. The lowest BCUT2D eigenvalue weighted by atomic mass is 10.0. The number of ether oxygens (including phenoxy) is 1. The molecule has 0 radical (unpaired) electrons. The fraction of sp³-hybridized carbons (Fsp3) is 0.0769. The van der Waals surface area contributed by atoms with Gasteiger partial charge in [-0.2, -0.15) is 0 Å². The zero-order valence-electron chi connectivity index (χ0n) is 10.1. The summed E-state index contributed by atoms with van der Waals surface area (Å²) >= 11 is 5.76. The summed E-state index contributed by atoms with van der Waals surface area (Å²) in [7, 11) is 1.43. The Balaban J connectivity index is 2.53. The Morgan fingerprint density at radius 2 is 2.00 bits per heavy atom. The van der Waals surface area contributed by atoms with Gasteiger partial charge in [-0.3, -0.25) is 4.79 Å². The van der Waals surface area contributed by atoms with Crippen molar-refractivity contribution in [2.75, 3.05) is 7.11 Å². The van der Waals surface area contributed by atoms with Gasteiger partial charge in [0.15, 0.2) is 5.78 Å². The molecule has 0 saturated heterocycles. The molecule has 1 aromatic heterocycles. The highest BCUT2D eigenvalue weighted by Gasteiger charge is 2.23. The van der Waals surface area contributed by atoms with Gasteiger partial charge in [0.1, 0.15) is 11.6 Å². The second-order valence-corrected chi connectivity index (χ2v) is 5.41. The van der Waals surface area contributed by atoms with Crippen LogP contribution in [0.15, 0.2) is 33.3 Å². The quantitative estimate of drug-likeness (QED) is 0.568. The van der Waals surface area contributed by atoms with E-state index >= 15 is 0 Å². The van der Waals surface area contributed by atoms with Crippen LogP contribution in [0, 0.1) is 11.6 Å². The van der Waals surface area contributed by atoms with Crippen molar-refractivity contribution in [2.45, 2.75) is 0 Å². The normalized spacial score (nSPS) is 10.4. The number of nitrogens with zero attached hydrogens (tertiary/aromatic N) is 1. The number of carbonyl (C=O) groups is 1. The first-order valence-electron chi connectivity index (χ1n) is 5.33. The number of pyridine rings is 1. The third-order valence-corrected chi connectivity index (χ3v) is 3.90. The van der Waals surface area contributed by atoms with Gasteiger partial charge in [0.25, 0.3) is 0 Å². The second kappa shape index (κ2) is 5.97. The van der Waals surface area contributed by atoms with E-state index in [2.05, 4.69) is 36.8 Å². The smallest absolute Gasteiger partial charge is 0.212 e. The molecule has 1 heterocycles. The highest BCUT2D eigenvalue weighted by atomic mass is 79.9. The van der Waals surface area contributed by atoms with Crippen LogP contribution in [-0.2, 0) is 0 Å². The highest BCUT2D eigenvalue weighted by Crippen LogP contribution is 2.31. The maximum absolute atomic E-state index is 14.0. The number of hydrogen-bond acceptors (Lipinski definition) is 3. The minimum atomic E-state index is -0.834. The van der Waals surface area contributed by atoms with Crippen LogP contribution >= 0.6 is 31.9 Å². The van der Waals surface area contributed by atoms with Crippen LogP contribution in [0.5, 0.6) is 5.88 Å². The summed E-state index contributed by atoms with van der Waals surface area (Å²) in [6, 6.07) is 3.84. The van der Waals surface area contributed by atoms with Crippen molar-refractivity contribution in [3.63, 3.8) is 0 Å². The fourth-order valence-electron chi connectivity index (χ4n) is 1.55. The molecular weight excluding hydrogens is 400 g/mol. The summed E-state index contributed by atoms with van der Waals surface area (Å²) in [5.41, 5.74) is -0.258. The lowest BCUT2D eigenvalue weighted by Gasteiger charge is -2.08. The molecule has 3 nitrogen and oxygen atoms in total. The predicted octanol–water partition coefficient (Wildman–Crippen LogP) is 4.12. The van der Waals surface area contributed by atoms with Crippen molar-refractivity contribution in [3.8, 4) is 5.88 Å². The number of aromatic nitrogens is 1. The summed E-state index contributed by atoms with van der Waals surface area (Å²) in [4.78, 5) is 16.1. The van der Waals surface area contributed by atoms with Crippen molar-refractivity contribution in [2.24, 2.45) is 0 Å². The van der Waals surface area contributed by atoms with Crippen molar-refractivity contribution in [1.29, 1.82) is 0 Å². The van der Waals surface area contributed by atoms with Crippen molar-refractivity contribution in [1.82, 2.24) is 4.98 Å². The minimum Gasteiger partial charge on any atom is -0.481 e. The zero-order chi connectivity index (χ0) is 14.9. The van der Waals surface area contributed by atoms with E-state index in [0.717, 1.165) is 6.07 Å². The van der Waals surface area contributed by atoms with Crippen LogP contribution in [0.25, 0.3) is 0 Å². The molecular formula is C13H7Br2F2NO2. The Labute approximate surface area is 130 Å². The van der Waals surface area contributed by atoms with Crippen LogP contribution in [0.3, 0.4) is 0 Å². The van der Waals surface area contributed by atoms with E-state index in [1.54, 1.807) is 0 Å². The van der Waals surface area contributed by atoms with Crippen LogP contribution in [-0.4, -0.2) is 17.9 Å². The summed E-state index contributed by atoms with van der Waals surface area (Å²) in [6.45, 7) is 0. The molecule has 0 spiro atoms. The van der Waals surface area contributed by atoms with E-state index in [-0.39, 0.29) is 20.1 Å². The Kier molecular flexibility index (Phi) is 4.49. The fourth-order valence-corrected chi connectivity index (χ4v) is 2.42. The van der Waals surface area contributed by atoms with Crippen LogP contribution in [0.1, 0.15) is 15.9 Å². The van der Waals surface area contributed by atoms with E-state index in [1.165, 1.54) is 25.4 Å². The molecule has 0 aliphatic heterocycles. The van der Waals surface area contributed by atoms with Crippen LogP contribution < -0.4 is 4.74 Å². The Morgan fingerprint density at radius 3 is 2.55 bits per heavy atom. The SMILES string of the molecule is COc1ccc(C(=O)c2c(F)c(Br)cc(F)c2Br)cn1. The molecule has 104 valence electrons. The molecule has 1 aromatic carbocycles. The van der Waals surface area contributed by atoms with Crippen LogP contribution in [0.4, 0.5) is 8.78 Å². The van der Waals surface area contributed by atoms with Gasteiger partial charge >= 0.3 is 0 Å². The number of hydrogen-bond donors (Lipinski definition) is 0. The Hall–Kier alpha value is -1.34. The van der Waals surface area contributed by atoms with E-state index in [4.69, 9.17) is 4.74 Å². The first-order chi connectivity index (χ1) is 9.45. The Morgan fingerprint density at radius 1 is 1.30 bits per heavy atom. The molecule has 0 saturated carbocycles. The molecule has 2 rings (SSSR count). The molecule has 0 aliphatic carbocycles. The third-order valence-electron chi connectivity index (χ3n) is 2.55. The van der Waals surface area contributed by atoms with Gasteiger partial charge in [0.05, 0.1) is 21.6 Å². The molecule has 0 unspecified atom stereocenters. The van der Waals surface area contributed by atoms with Gasteiger partial charge in [-0.25, -0.2) is 13.8 Å². The lowest BCUT2D eigenvalue weighted by molar-refractivity contribution is 0.103. The number of benzene rings is 1. The van der Waals surface area contributed by atoms with Gasteiger partial charge in [-0.15, -0.1) is 0 Å². The van der Waals surface area contributed by atoms with E-state index < -0.39 is 17.4 Å². The molecule has 7 heteroatoms. The summed E-state index contributed by atoms with van der Waals surface area (Å²) in [5, 5.41) is 0. The zero-order valence-corrected chi connectivity index (χ0v) is 13.3. The molecule has 0 N–H and O–H groups in total. The highest BCUT2D eigenvalue weighted by molar-refractivity contribution is 9.11. The number of methoxy groups -OCH3 is 1. The van der Waals surface area contributed by atoms with E-state index in [9.17, 15) is 13.6 Å². The first-order valence-corrected chi connectivity index (χ1v) is 6.92. The number of carbonyl (C=O) groups excluding carboxylic acids is 1. The van der Waals surface area contributed by atoms with Crippen LogP contribution in [0.2, 0.25) is 0 Å². The molecule has 0 bridgehead atoms. The maximum atomic E-state index is 14.0. The average molecular weight is 407 g/mol. The van der Waals surface area contributed by atoms with Gasteiger partial charge in [0.2, 0.25) is 5.88 Å². The monoisotopic (exact) mass is 405 g/mol. The average Bonchev–Trinajstić information content (AvgIpc) is 2.45. The molecule has 0 aliphatic rings. The first kappa shape index (κ1) is 15.1. The lowest BCUT2D eigenvalue weighted by Crippen LogP contribution is -2.08. The Bertz CT molecular complexity index is 649. The molecule has 20 heavy (non-hydrogen) atoms. The van der Waals surface area contributed by atoms with Gasteiger partial charge in [-0.1, -0.05) is 0 Å². The number of halogens is 4. The van der Waals surface area contributed by atoms with Crippen molar-refractivity contribution < 1.29 is 18.3 Å². The van der Waals surface area contributed by atoms with Crippen molar-refractivity contribution >= 4 is 37.6 Å². The maximum Gasteiger partial charge on any atom is 0.212 e. The molecule has 0 fully saturated rings. The van der Waals surface area contributed by atoms with Gasteiger partial charge in [-0.05, 0) is 44.0 Å². The van der Waals surface area contributed by atoms with E-state index in [0.29, 0.717) is 5.88 Å². The summed E-state index contributed by atoms with van der Waals surface area (Å²) in [5.74, 6) is -1.92. The minimum absolute atomic E-state index is 0.122. The van der Waals surface area contributed by atoms with E-state index in [1.807, 2.05) is 0 Å². The second-order valence-electron chi connectivity index (χ2n) is 3.76. The summed E-state index contributed by atoms with van der Waals surface area (Å²) < 4.78 is 32.1. The molecule has 0 atom stereocenters. The third kappa shape index (κ3) is 2.73. The predicted molar refractivity (Wildman–Crippen MR) is 76.0 cm³/mol.